The predicted molar refractivity (Wildman–Crippen MR) is 57.3 cm³/mol. The van der Waals surface area contributed by atoms with Crippen molar-refractivity contribution in [2.24, 2.45) is 0 Å². The van der Waals surface area contributed by atoms with Gasteiger partial charge in [0.05, 0.1) is 13.2 Å². The minimum atomic E-state index is -4.16. The summed E-state index contributed by atoms with van der Waals surface area (Å²) in [6.07, 6.45) is -3.69. The summed E-state index contributed by atoms with van der Waals surface area (Å²) >= 11 is 0. The van der Waals surface area contributed by atoms with Crippen LogP contribution in [0.5, 0.6) is 0 Å². The molecule has 0 rings (SSSR count). The average molecular weight is 242 g/mol. The van der Waals surface area contributed by atoms with E-state index in [-0.39, 0.29) is 6.61 Å². The van der Waals surface area contributed by atoms with Crippen molar-refractivity contribution in [3.8, 4) is 0 Å². The summed E-state index contributed by atoms with van der Waals surface area (Å²) in [6, 6.07) is 0. The van der Waals surface area contributed by atoms with Crippen LogP contribution in [0, 0.1) is 0 Å². The van der Waals surface area contributed by atoms with E-state index >= 15 is 0 Å². The second-order valence-corrected chi connectivity index (χ2v) is 4.20. The highest BCUT2D eigenvalue weighted by molar-refractivity contribution is 4.82. The first-order valence-electron chi connectivity index (χ1n) is 5.35. The molecule has 16 heavy (non-hydrogen) atoms. The van der Waals surface area contributed by atoms with E-state index in [2.05, 4.69) is 5.32 Å². The molecule has 2 N–H and O–H groups in total. The van der Waals surface area contributed by atoms with Gasteiger partial charge in [-0.05, 0) is 26.9 Å². The summed E-state index contributed by atoms with van der Waals surface area (Å²) in [5.41, 5.74) is -0.515. The standard InChI is InChI=1S/C10H21F3N2O/c1-4-15(7-10(11,12)13)6-5-9(2,8-16)14-3/h14,16H,4-8H2,1-3H3. The summed E-state index contributed by atoms with van der Waals surface area (Å²) in [5, 5.41) is 12.0. The first kappa shape index (κ1) is 15.7. The number of nitrogens with zero attached hydrogens (tertiary/aromatic N) is 1. The largest absolute Gasteiger partial charge is 0.401 e. The molecule has 0 aliphatic carbocycles. The van der Waals surface area contributed by atoms with Crippen LogP contribution < -0.4 is 5.32 Å². The molecule has 0 aromatic heterocycles. The van der Waals surface area contributed by atoms with Gasteiger partial charge in [-0.1, -0.05) is 6.92 Å². The van der Waals surface area contributed by atoms with E-state index in [1.54, 1.807) is 20.9 Å². The van der Waals surface area contributed by atoms with E-state index in [1.807, 2.05) is 0 Å². The van der Waals surface area contributed by atoms with Gasteiger partial charge < -0.3 is 10.4 Å². The number of hydrogen-bond donors (Lipinski definition) is 2. The fraction of sp³-hybridized carbons (Fsp3) is 1.00. The highest BCUT2D eigenvalue weighted by Gasteiger charge is 2.31. The Bertz CT molecular complexity index is 193. The van der Waals surface area contributed by atoms with Crippen LogP contribution in [0.15, 0.2) is 0 Å². The lowest BCUT2D eigenvalue weighted by atomic mass is 9.99. The number of rotatable bonds is 7. The van der Waals surface area contributed by atoms with E-state index in [0.29, 0.717) is 19.5 Å². The molecule has 0 bridgehead atoms. The minimum Gasteiger partial charge on any atom is -0.394 e. The molecule has 1 unspecified atom stereocenters. The molecule has 0 amide bonds. The molecule has 0 aliphatic heterocycles. The van der Waals surface area contributed by atoms with Crippen LogP contribution in [0.2, 0.25) is 0 Å². The second-order valence-electron chi connectivity index (χ2n) is 4.20. The summed E-state index contributed by atoms with van der Waals surface area (Å²) in [4.78, 5) is 1.32. The van der Waals surface area contributed by atoms with E-state index in [0.717, 1.165) is 0 Å². The lowest BCUT2D eigenvalue weighted by molar-refractivity contribution is -0.146. The zero-order chi connectivity index (χ0) is 12.8. The van der Waals surface area contributed by atoms with Gasteiger partial charge in [0.25, 0.3) is 0 Å². The Balaban J connectivity index is 4.14. The summed E-state index contributed by atoms with van der Waals surface area (Å²) in [7, 11) is 1.69. The van der Waals surface area contributed by atoms with Gasteiger partial charge in [-0.25, -0.2) is 0 Å². The SMILES string of the molecule is CCN(CCC(C)(CO)NC)CC(F)(F)F. The van der Waals surface area contributed by atoms with Crippen LogP contribution in [-0.2, 0) is 0 Å². The molecule has 0 saturated heterocycles. The topological polar surface area (TPSA) is 35.5 Å². The zero-order valence-electron chi connectivity index (χ0n) is 10.1. The normalized spacial score (nSPS) is 16.5. The molecule has 0 saturated carbocycles. The van der Waals surface area contributed by atoms with Crippen LogP contribution in [-0.4, -0.2) is 55.0 Å². The molecule has 0 aliphatic rings. The van der Waals surface area contributed by atoms with E-state index in [1.165, 1.54) is 4.90 Å². The highest BCUT2D eigenvalue weighted by atomic mass is 19.4. The Morgan fingerprint density at radius 1 is 1.31 bits per heavy atom. The first-order chi connectivity index (χ1) is 7.26. The van der Waals surface area contributed by atoms with E-state index < -0.39 is 18.3 Å². The molecule has 0 spiro atoms. The quantitative estimate of drug-likeness (QED) is 0.705. The van der Waals surface area contributed by atoms with Gasteiger partial charge in [-0.15, -0.1) is 0 Å². The maximum absolute atomic E-state index is 12.2. The number of alkyl halides is 3. The van der Waals surface area contributed by atoms with Gasteiger partial charge in [0.15, 0.2) is 0 Å². The molecule has 0 heterocycles. The summed E-state index contributed by atoms with van der Waals surface area (Å²) in [5.74, 6) is 0. The fourth-order valence-corrected chi connectivity index (χ4v) is 1.29. The van der Waals surface area contributed by atoms with Crippen molar-refractivity contribution < 1.29 is 18.3 Å². The lowest BCUT2D eigenvalue weighted by Gasteiger charge is -2.30. The highest BCUT2D eigenvalue weighted by Crippen LogP contribution is 2.17. The molecule has 1 atom stereocenters. The van der Waals surface area contributed by atoms with Gasteiger partial charge in [0, 0.05) is 12.1 Å². The maximum Gasteiger partial charge on any atom is 0.401 e. The van der Waals surface area contributed by atoms with Crippen molar-refractivity contribution in [3.05, 3.63) is 0 Å². The van der Waals surface area contributed by atoms with Crippen molar-refractivity contribution in [3.63, 3.8) is 0 Å². The lowest BCUT2D eigenvalue weighted by Crippen LogP contribution is -2.47. The third-order valence-corrected chi connectivity index (χ3v) is 2.78. The number of aliphatic hydroxyl groups is 1. The van der Waals surface area contributed by atoms with Crippen LogP contribution in [0.1, 0.15) is 20.3 Å². The number of nitrogens with one attached hydrogen (secondary N) is 1. The second kappa shape index (κ2) is 6.42. The van der Waals surface area contributed by atoms with Crippen LogP contribution in [0.3, 0.4) is 0 Å². The number of halogens is 3. The molecule has 0 fully saturated rings. The van der Waals surface area contributed by atoms with E-state index in [9.17, 15) is 13.2 Å². The van der Waals surface area contributed by atoms with Crippen LogP contribution >= 0.6 is 0 Å². The van der Waals surface area contributed by atoms with Crippen LogP contribution in [0.4, 0.5) is 13.2 Å². The molecular weight excluding hydrogens is 221 g/mol. The van der Waals surface area contributed by atoms with Crippen molar-refractivity contribution in [1.82, 2.24) is 10.2 Å². The fourth-order valence-electron chi connectivity index (χ4n) is 1.29. The first-order valence-corrected chi connectivity index (χ1v) is 5.35. The molecule has 3 nitrogen and oxygen atoms in total. The van der Waals surface area contributed by atoms with Crippen molar-refractivity contribution >= 4 is 0 Å². The number of likely N-dealkylation sites (N-methyl/N-ethyl adjacent to an activating group) is 1. The maximum atomic E-state index is 12.2. The Morgan fingerprint density at radius 3 is 2.19 bits per heavy atom. The Kier molecular flexibility index (Phi) is 6.28. The molecule has 0 aromatic rings. The Hall–Kier alpha value is -0.330. The number of hydrogen-bond acceptors (Lipinski definition) is 3. The van der Waals surface area contributed by atoms with Gasteiger partial charge >= 0.3 is 6.18 Å². The predicted octanol–water partition coefficient (Wildman–Crippen LogP) is 1.23. The molecule has 0 radical (unpaired) electrons. The van der Waals surface area contributed by atoms with Gasteiger partial charge in [-0.3, -0.25) is 4.90 Å². The smallest absolute Gasteiger partial charge is 0.394 e. The molecule has 98 valence electrons. The Labute approximate surface area is 94.6 Å². The van der Waals surface area contributed by atoms with Crippen molar-refractivity contribution in [2.45, 2.75) is 32.0 Å². The Morgan fingerprint density at radius 2 is 1.88 bits per heavy atom. The summed E-state index contributed by atoms with van der Waals surface area (Å²) in [6.45, 7) is 3.16. The monoisotopic (exact) mass is 242 g/mol. The molecule has 0 aromatic carbocycles. The number of aliphatic hydroxyl groups excluding tert-OH is 1. The minimum absolute atomic E-state index is 0.0902. The van der Waals surface area contributed by atoms with Gasteiger partial charge in [0.1, 0.15) is 0 Å². The van der Waals surface area contributed by atoms with Crippen molar-refractivity contribution in [1.29, 1.82) is 0 Å². The van der Waals surface area contributed by atoms with Gasteiger partial charge in [0.2, 0.25) is 0 Å². The molecule has 6 heteroatoms. The van der Waals surface area contributed by atoms with E-state index in [4.69, 9.17) is 5.11 Å². The van der Waals surface area contributed by atoms with Crippen molar-refractivity contribution in [2.75, 3.05) is 33.3 Å². The molecular formula is C10H21F3N2O. The summed E-state index contributed by atoms with van der Waals surface area (Å²) < 4.78 is 36.5. The third kappa shape index (κ3) is 6.30. The third-order valence-electron chi connectivity index (χ3n) is 2.78. The van der Waals surface area contributed by atoms with Gasteiger partial charge in [-0.2, -0.15) is 13.2 Å². The zero-order valence-corrected chi connectivity index (χ0v) is 10.1. The van der Waals surface area contributed by atoms with Crippen LogP contribution in [0.25, 0.3) is 0 Å². The average Bonchev–Trinajstić information content (AvgIpc) is 2.22.